The van der Waals surface area contributed by atoms with Crippen LogP contribution < -0.4 is 10.2 Å². The minimum atomic E-state index is -0.514. The Balaban J connectivity index is 1.74. The quantitative estimate of drug-likeness (QED) is 0.539. The molecule has 2 N–H and O–H groups in total. The van der Waals surface area contributed by atoms with Crippen molar-refractivity contribution in [3.63, 3.8) is 0 Å². The van der Waals surface area contributed by atoms with Crippen LogP contribution in [0.3, 0.4) is 0 Å². The smallest absolute Gasteiger partial charge is 0.269 e. The summed E-state index contributed by atoms with van der Waals surface area (Å²) in [6.45, 7) is 6.94. The molecule has 1 aromatic rings. The number of nitrogens with zero attached hydrogens (tertiary/aromatic N) is 2. The fourth-order valence-corrected chi connectivity index (χ4v) is 2.70. The van der Waals surface area contributed by atoms with E-state index in [0.717, 1.165) is 32.7 Å². The molecule has 0 unspecified atom stereocenters. The molecule has 24 heavy (non-hydrogen) atoms. The second-order valence-electron chi connectivity index (χ2n) is 5.79. The third-order valence-electron chi connectivity index (χ3n) is 4.29. The molecule has 0 aliphatic carbocycles. The van der Waals surface area contributed by atoms with Crippen LogP contribution in [0.4, 0.5) is 5.69 Å². The summed E-state index contributed by atoms with van der Waals surface area (Å²) in [4.78, 5) is 37.5. The van der Waals surface area contributed by atoms with Gasteiger partial charge < -0.3 is 15.1 Å². The van der Waals surface area contributed by atoms with E-state index in [4.69, 9.17) is 0 Å². The number of piperazine rings is 1. The van der Waals surface area contributed by atoms with Crippen molar-refractivity contribution in [1.82, 2.24) is 10.2 Å². The number of non-ortho nitro benzene ring substituents is 1. The third-order valence-corrected chi connectivity index (χ3v) is 4.29. The molecule has 1 heterocycles. The van der Waals surface area contributed by atoms with Gasteiger partial charge in [-0.25, -0.2) is 0 Å². The van der Waals surface area contributed by atoms with E-state index in [-0.39, 0.29) is 30.5 Å². The highest BCUT2D eigenvalue weighted by atomic mass is 16.6. The topological polar surface area (TPSA) is 97.0 Å². The highest BCUT2D eigenvalue weighted by Gasteiger charge is 2.22. The Labute approximate surface area is 140 Å². The fourth-order valence-electron chi connectivity index (χ4n) is 2.70. The monoisotopic (exact) mass is 335 g/mol. The Kier molecular flexibility index (Phi) is 6.25. The summed E-state index contributed by atoms with van der Waals surface area (Å²) in [5, 5.41) is 13.3. The molecule has 8 heteroatoms. The van der Waals surface area contributed by atoms with Crippen molar-refractivity contribution in [2.75, 3.05) is 39.3 Å². The molecule has 0 radical (unpaired) electrons. The van der Waals surface area contributed by atoms with E-state index in [1.807, 2.05) is 4.90 Å². The van der Waals surface area contributed by atoms with E-state index in [9.17, 15) is 19.7 Å². The predicted octanol–water partition coefficient (Wildman–Crippen LogP) is -0.538. The van der Waals surface area contributed by atoms with Crippen molar-refractivity contribution >= 4 is 17.5 Å². The van der Waals surface area contributed by atoms with Gasteiger partial charge in [-0.2, -0.15) is 0 Å². The Hall–Kier alpha value is -2.48. The molecule has 2 rings (SSSR count). The Morgan fingerprint density at radius 1 is 1.25 bits per heavy atom. The van der Waals surface area contributed by atoms with Crippen LogP contribution in [0.15, 0.2) is 24.3 Å². The number of nitro groups is 1. The van der Waals surface area contributed by atoms with Gasteiger partial charge in [0.1, 0.15) is 0 Å². The van der Waals surface area contributed by atoms with Crippen LogP contribution >= 0.6 is 0 Å². The number of rotatable bonds is 6. The maximum absolute atomic E-state index is 12.1. The van der Waals surface area contributed by atoms with Gasteiger partial charge in [0.15, 0.2) is 0 Å². The van der Waals surface area contributed by atoms with E-state index in [2.05, 4.69) is 12.2 Å². The predicted molar refractivity (Wildman–Crippen MR) is 87.9 cm³/mol. The van der Waals surface area contributed by atoms with Crippen LogP contribution in [0.2, 0.25) is 0 Å². The number of likely N-dealkylation sites (N-methyl/N-ethyl adjacent to an activating group) is 1. The lowest BCUT2D eigenvalue weighted by molar-refractivity contribution is -0.902. The van der Waals surface area contributed by atoms with Gasteiger partial charge in [-0.1, -0.05) is 0 Å². The first-order valence-electron chi connectivity index (χ1n) is 8.15. The first kappa shape index (κ1) is 17.9. The van der Waals surface area contributed by atoms with Crippen molar-refractivity contribution in [3.05, 3.63) is 39.9 Å². The SMILES string of the molecule is CC[NH+]1CCN(C(=O)CCNC(=O)c2ccc([N+](=O)[O-])cc2)CC1. The average molecular weight is 335 g/mol. The van der Waals surface area contributed by atoms with E-state index in [0.29, 0.717) is 5.56 Å². The van der Waals surface area contributed by atoms with Gasteiger partial charge in [0.05, 0.1) is 37.6 Å². The molecule has 0 spiro atoms. The van der Waals surface area contributed by atoms with Gasteiger partial charge in [-0.15, -0.1) is 0 Å². The van der Waals surface area contributed by atoms with Crippen LogP contribution in [-0.4, -0.2) is 60.9 Å². The number of hydrogen-bond acceptors (Lipinski definition) is 4. The molecule has 0 aromatic heterocycles. The molecular weight excluding hydrogens is 312 g/mol. The molecule has 0 saturated carbocycles. The molecule has 2 amide bonds. The second-order valence-corrected chi connectivity index (χ2v) is 5.79. The summed E-state index contributed by atoms with van der Waals surface area (Å²) in [5.41, 5.74) is 0.281. The van der Waals surface area contributed by atoms with Gasteiger partial charge in [-0.05, 0) is 19.1 Å². The molecule has 130 valence electrons. The number of hydrogen-bond donors (Lipinski definition) is 2. The van der Waals surface area contributed by atoms with Gasteiger partial charge in [-0.3, -0.25) is 19.7 Å². The molecule has 1 aromatic carbocycles. The first-order valence-corrected chi connectivity index (χ1v) is 8.15. The van der Waals surface area contributed by atoms with Crippen molar-refractivity contribution in [2.45, 2.75) is 13.3 Å². The summed E-state index contributed by atoms with van der Waals surface area (Å²) in [6, 6.07) is 5.38. The lowest BCUT2D eigenvalue weighted by Crippen LogP contribution is -3.14. The zero-order chi connectivity index (χ0) is 17.5. The summed E-state index contributed by atoms with van der Waals surface area (Å²) >= 11 is 0. The van der Waals surface area contributed by atoms with E-state index < -0.39 is 4.92 Å². The largest absolute Gasteiger partial charge is 0.352 e. The minimum absolute atomic E-state index is 0.0501. The van der Waals surface area contributed by atoms with Gasteiger partial charge in [0, 0.05) is 30.7 Å². The van der Waals surface area contributed by atoms with Crippen LogP contribution in [0.1, 0.15) is 23.7 Å². The number of carbonyl (C=O) groups is 2. The number of amides is 2. The van der Waals surface area contributed by atoms with E-state index in [1.165, 1.54) is 29.2 Å². The highest BCUT2D eigenvalue weighted by molar-refractivity contribution is 5.94. The normalized spacial score (nSPS) is 15.1. The van der Waals surface area contributed by atoms with Crippen LogP contribution in [0.25, 0.3) is 0 Å². The second kappa shape index (κ2) is 8.39. The zero-order valence-electron chi connectivity index (χ0n) is 13.8. The standard InChI is InChI=1S/C16H22N4O4/c1-2-18-9-11-19(12-10-18)15(21)7-8-17-16(22)13-3-5-14(6-4-13)20(23)24/h3-6H,2,7-12H2,1H3,(H,17,22)/p+1. The molecule has 0 atom stereocenters. The number of nitrogens with one attached hydrogen (secondary N) is 2. The molecule has 0 bridgehead atoms. The Morgan fingerprint density at radius 3 is 2.42 bits per heavy atom. The summed E-state index contributed by atoms with van der Waals surface area (Å²) in [7, 11) is 0. The highest BCUT2D eigenvalue weighted by Crippen LogP contribution is 2.11. The number of benzene rings is 1. The maximum Gasteiger partial charge on any atom is 0.269 e. The fraction of sp³-hybridized carbons (Fsp3) is 0.500. The summed E-state index contributed by atoms with van der Waals surface area (Å²) < 4.78 is 0. The summed E-state index contributed by atoms with van der Waals surface area (Å²) in [6.07, 6.45) is 0.264. The van der Waals surface area contributed by atoms with Crippen molar-refractivity contribution < 1.29 is 19.4 Å². The minimum Gasteiger partial charge on any atom is -0.352 e. The lowest BCUT2D eigenvalue weighted by Gasteiger charge is -2.31. The van der Waals surface area contributed by atoms with Gasteiger partial charge in [0.2, 0.25) is 5.91 Å². The molecule has 1 saturated heterocycles. The summed E-state index contributed by atoms with van der Waals surface area (Å²) in [5.74, 6) is -0.285. The first-order chi connectivity index (χ1) is 11.5. The number of carbonyl (C=O) groups excluding carboxylic acids is 2. The molecular formula is C16H23N4O4+. The van der Waals surface area contributed by atoms with E-state index >= 15 is 0 Å². The maximum atomic E-state index is 12.1. The molecule has 8 nitrogen and oxygen atoms in total. The average Bonchev–Trinajstić information content (AvgIpc) is 2.61. The third kappa shape index (κ3) is 4.76. The van der Waals surface area contributed by atoms with Gasteiger partial charge >= 0.3 is 0 Å². The van der Waals surface area contributed by atoms with E-state index in [1.54, 1.807) is 0 Å². The number of nitro benzene ring substituents is 1. The Morgan fingerprint density at radius 2 is 1.88 bits per heavy atom. The van der Waals surface area contributed by atoms with Crippen LogP contribution in [0, 0.1) is 10.1 Å². The van der Waals surface area contributed by atoms with Crippen molar-refractivity contribution in [3.8, 4) is 0 Å². The lowest BCUT2D eigenvalue weighted by atomic mass is 10.2. The molecule has 1 aliphatic rings. The molecule has 1 fully saturated rings. The van der Waals surface area contributed by atoms with Crippen LogP contribution in [0.5, 0.6) is 0 Å². The zero-order valence-corrected chi connectivity index (χ0v) is 13.8. The van der Waals surface area contributed by atoms with Crippen molar-refractivity contribution in [2.24, 2.45) is 0 Å². The van der Waals surface area contributed by atoms with Gasteiger partial charge in [0.25, 0.3) is 11.6 Å². The number of quaternary nitrogens is 1. The van der Waals surface area contributed by atoms with Crippen LogP contribution in [-0.2, 0) is 4.79 Å². The molecule has 1 aliphatic heterocycles. The Bertz CT molecular complexity index is 595. The van der Waals surface area contributed by atoms with Crippen molar-refractivity contribution in [1.29, 1.82) is 0 Å².